The molecule has 6 aromatic rings. The minimum atomic E-state index is 0. The van der Waals surface area contributed by atoms with Crippen molar-refractivity contribution in [1.29, 1.82) is 0 Å². The summed E-state index contributed by atoms with van der Waals surface area (Å²) < 4.78 is 0. The molecular weight excluding hydrogens is 623 g/mol. The number of allylic oxidation sites excluding steroid dienone is 2. The summed E-state index contributed by atoms with van der Waals surface area (Å²) in [5.74, 6) is 0. The van der Waals surface area contributed by atoms with E-state index in [9.17, 15) is 0 Å². The molecule has 0 N–H and O–H groups in total. The second kappa shape index (κ2) is 14.9. The summed E-state index contributed by atoms with van der Waals surface area (Å²) in [6, 6.07) is 34.8. The van der Waals surface area contributed by atoms with Crippen LogP contribution in [-0.2, 0) is 36.2 Å². The topological polar surface area (TPSA) is 0 Å². The van der Waals surface area contributed by atoms with E-state index in [2.05, 4.69) is 128 Å². The van der Waals surface area contributed by atoms with Gasteiger partial charge in [-0.25, -0.2) is 0 Å². The van der Waals surface area contributed by atoms with Crippen molar-refractivity contribution in [2.75, 3.05) is 0 Å². The Labute approximate surface area is 267 Å². The molecule has 0 spiro atoms. The van der Waals surface area contributed by atoms with Crippen LogP contribution in [0.15, 0.2) is 109 Å². The summed E-state index contributed by atoms with van der Waals surface area (Å²) in [5.41, 5.74) is 5.38. The van der Waals surface area contributed by atoms with Gasteiger partial charge >= 0.3 is 30.2 Å². The van der Waals surface area contributed by atoms with Crippen LogP contribution in [0.1, 0.15) is 22.3 Å². The predicted octanol–water partition coefficient (Wildman–Crippen LogP) is 9.87. The first-order chi connectivity index (χ1) is 17.9. The second-order valence-electron chi connectivity index (χ2n) is 9.06. The van der Waals surface area contributed by atoms with Crippen LogP contribution >= 0.6 is 24.8 Å². The van der Waals surface area contributed by atoms with Gasteiger partial charge in [-0.05, 0) is 32.3 Å². The molecule has 4 heteroatoms. The number of rotatable bonds is 0. The van der Waals surface area contributed by atoms with Gasteiger partial charge in [-0.2, -0.15) is 47.6 Å². The maximum atomic E-state index is 3.33. The van der Waals surface area contributed by atoms with Crippen molar-refractivity contribution in [3.8, 4) is 0 Å². The first-order valence-corrected chi connectivity index (χ1v) is 16.3. The molecule has 0 saturated heterocycles. The molecule has 0 unspecified atom stereocenters. The molecule has 0 aliphatic heterocycles. The van der Waals surface area contributed by atoms with Crippen molar-refractivity contribution in [2.45, 2.75) is 12.8 Å². The van der Waals surface area contributed by atoms with E-state index in [4.69, 9.17) is 0 Å². The molecular formula is C36H30Cl2SiZr-4. The Kier molecular flexibility index (Phi) is 12.6. The summed E-state index contributed by atoms with van der Waals surface area (Å²) in [5, 5.41) is 10.8. The first kappa shape index (κ1) is 33.7. The van der Waals surface area contributed by atoms with Gasteiger partial charge in [0.25, 0.3) is 0 Å². The minimum absolute atomic E-state index is 0. The summed E-state index contributed by atoms with van der Waals surface area (Å²) in [6.07, 6.45) is 13.0. The molecule has 2 aliphatic rings. The summed E-state index contributed by atoms with van der Waals surface area (Å²) in [4.78, 5) is 0. The Morgan fingerprint density at radius 2 is 0.825 bits per heavy atom. The van der Waals surface area contributed by atoms with Gasteiger partial charge in [0, 0.05) is 0 Å². The molecule has 0 nitrogen and oxygen atoms in total. The van der Waals surface area contributed by atoms with Gasteiger partial charge in [-0.3, -0.25) is 0 Å². The Morgan fingerprint density at radius 3 is 1.25 bits per heavy atom. The first-order valence-electron chi connectivity index (χ1n) is 12.1. The van der Waals surface area contributed by atoms with E-state index < -0.39 is 0 Å². The fourth-order valence-corrected chi connectivity index (χ4v) is 5.57. The molecule has 2 aliphatic carbocycles. The molecule has 8 rings (SSSR count). The monoisotopic (exact) mass is 650 g/mol. The van der Waals surface area contributed by atoms with Crippen molar-refractivity contribution in [1.82, 2.24) is 0 Å². The van der Waals surface area contributed by atoms with Crippen molar-refractivity contribution in [2.24, 2.45) is 0 Å². The third-order valence-corrected chi connectivity index (χ3v) is 7.16. The number of hydrogen-bond acceptors (Lipinski definition) is 0. The van der Waals surface area contributed by atoms with Gasteiger partial charge in [0.2, 0.25) is 0 Å². The van der Waals surface area contributed by atoms with Gasteiger partial charge in [-0.1, -0.05) is 96.4 Å². The quantitative estimate of drug-likeness (QED) is 0.0871. The third kappa shape index (κ3) is 6.07. The van der Waals surface area contributed by atoms with Crippen molar-refractivity contribution >= 4 is 74.8 Å². The Balaban J connectivity index is 0.000000241. The summed E-state index contributed by atoms with van der Waals surface area (Å²) >= 11 is 1.36. The van der Waals surface area contributed by atoms with E-state index in [1.807, 2.05) is 0 Å². The molecule has 0 saturated carbocycles. The molecule has 0 atom stereocenters. The fraction of sp³-hybridized carbons (Fsp3) is 0.0556. The van der Waals surface area contributed by atoms with Gasteiger partial charge < -0.3 is 14.9 Å². The van der Waals surface area contributed by atoms with E-state index >= 15 is 0 Å². The van der Waals surface area contributed by atoms with Crippen LogP contribution in [0.25, 0.3) is 43.1 Å². The van der Waals surface area contributed by atoms with E-state index in [1.165, 1.54) is 88.7 Å². The van der Waals surface area contributed by atoms with Crippen LogP contribution in [0.5, 0.6) is 0 Å². The van der Waals surface area contributed by atoms with Crippen molar-refractivity contribution in [3.63, 3.8) is 0 Å². The van der Waals surface area contributed by atoms with Crippen LogP contribution in [-0.4, -0.2) is 6.88 Å². The number of halogens is 2. The van der Waals surface area contributed by atoms with E-state index in [1.54, 1.807) is 0 Å². The standard InChI is InChI=1S/2C17H11.2CH3.2ClH.Si.Zr/c2*1-2-6-15-12(4-1)8-10-14-11-9-13-5-3-7-16(13)17(14)15;;;;;;/h2*1-4,6,8-11H,7H2;2*1H3;2*1H;;/q4*-1;;;;. The summed E-state index contributed by atoms with van der Waals surface area (Å²) in [7, 11) is 0. The number of fused-ring (bicyclic) bond motifs is 10. The average molecular weight is 653 g/mol. The Morgan fingerprint density at radius 1 is 0.475 bits per heavy atom. The van der Waals surface area contributed by atoms with Crippen LogP contribution < -0.4 is 0 Å². The van der Waals surface area contributed by atoms with Crippen LogP contribution in [0, 0.1) is 27.0 Å². The molecule has 2 radical (unpaired) electrons. The van der Waals surface area contributed by atoms with Crippen LogP contribution in [0.2, 0.25) is 0 Å². The van der Waals surface area contributed by atoms with Crippen LogP contribution in [0.4, 0.5) is 0 Å². The van der Waals surface area contributed by atoms with Crippen LogP contribution in [0.3, 0.4) is 0 Å². The predicted molar refractivity (Wildman–Crippen MR) is 177 cm³/mol. The van der Waals surface area contributed by atoms with Gasteiger partial charge in [0.1, 0.15) is 0 Å². The molecule has 6 aromatic carbocycles. The Hall–Kier alpha value is -2.48. The normalized spacial score (nSPS) is 11.5. The zero-order valence-electron chi connectivity index (χ0n) is 22.6. The second-order valence-corrected chi connectivity index (χ2v) is 9.06. The number of benzene rings is 6. The molecule has 0 bridgehead atoms. The van der Waals surface area contributed by atoms with Gasteiger partial charge in [-0.15, -0.1) is 48.1 Å². The van der Waals surface area contributed by atoms with Gasteiger partial charge in [0.15, 0.2) is 0 Å². The zero-order chi connectivity index (χ0) is 24.5. The third-order valence-electron chi connectivity index (χ3n) is 7.16. The van der Waals surface area contributed by atoms with E-state index in [-0.39, 0.29) is 39.7 Å². The fourth-order valence-electron chi connectivity index (χ4n) is 5.57. The molecule has 200 valence electrons. The van der Waals surface area contributed by atoms with E-state index in [0.29, 0.717) is 0 Å². The van der Waals surface area contributed by atoms with Crippen molar-refractivity contribution < 1.29 is 23.3 Å². The molecule has 0 heterocycles. The molecule has 0 amide bonds. The molecule has 0 aromatic heterocycles. The average Bonchev–Trinajstić information content (AvgIpc) is 3.64. The summed E-state index contributed by atoms with van der Waals surface area (Å²) in [6.45, 7) is 3.06. The van der Waals surface area contributed by atoms with Gasteiger partial charge in [0.05, 0.1) is 0 Å². The Bertz CT molecular complexity index is 1700. The zero-order valence-corrected chi connectivity index (χ0v) is 27.7. The number of hydrogen-bond donors (Lipinski definition) is 0. The maximum absolute atomic E-state index is 3.33. The van der Waals surface area contributed by atoms with E-state index in [0.717, 1.165) is 12.8 Å². The molecule has 40 heavy (non-hydrogen) atoms. The van der Waals surface area contributed by atoms with Crippen molar-refractivity contribution in [3.05, 3.63) is 158 Å². The molecule has 0 fully saturated rings. The SMILES string of the molecule is Cl.Cl.[C-]1=CCc2c1ccc1ccc3ccccc3c21.[C-]1=CCc2c1ccc1ccc3ccccc3c21.[CH3-].[CH3-].[Si]=[Zr].